The van der Waals surface area contributed by atoms with Gasteiger partial charge in [0.25, 0.3) is 0 Å². The molecule has 0 saturated carbocycles. The molecule has 0 spiro atoms. The number of fused-ring (bicyclic) bond motifs is 1. The standard InChI is InChI=1S/C17H22N2OS/c1-2-7-19-17(16-12-21-10-9-20-16)14-5-6-15-13(11-14)4-3-8-18-15/h3-6,8,11,16-17,19H,2,7,9-10,12H2,1H3. The molecule has 0 radical (unpaired) electrons. The predicted molar refractivity (Wildman–Crippen MR) is 89.8 cm³/mol. The van der Waals surface area contributed by atoms with Gasteiger partial charge in [0.2, 0.25) is 0 Å². The van der Waals surface area contributed by atoms with Gasteiger partial charge in [-0.2, -0.15) is 11.8 Å². The lowest BCUT2D eigenvalue weighted by Crippen LogP contribution is -2.38. The lowest BCUT2D eigenvalue weighted by molar-refractivity contribution is 0.0468. The number of pyridine rings is 1. The third-order valence-corrected chi connectivity index (χ3v) is 4.83. The van der Waals surface area contributed by atoms with E-state index in [0.717, 1.165) is 36.6 Å². The van der Waals surface area contributed by atoms with Crippen molar-refractivity contribution in [2.75, 3.05) is 24.7 Å². The van der Waals surface area contributed by atoms with Gasteiger partial charge < -0.3 is 10.1 Å². The van der Waals surface area contributed by atoms with Gasteiger partial charge in [0.15, 0.2) is 0 Å². The maximum Gasteiger partial charge on any atom is 0.0860 e. The molecule has 21 heavy (non-hydrogen) atoms. The maximum absolute atomic E-state index is 6.00. The van der Waals surface area contributed by atoms with Crippen LogP contribution in [0.15, 0.2) is 36.5 Å². The summed E-state index contributed by atoms with van der Waals surface area (Å²) < 4.78 is 6.00. The Balaban J connectivity index is 1.88. The Morgan fingerprint density at radius 2 is 2.38 bits per heavy atom. The molecule has 2 unspecified atom stereocenters. The maximum atomic E-state index is 6.00. The number of benzene rings is 1. The van der Waals surface area contributed by atoms with Crippen molar-refractivity contribution in [3.05, 3.63) is 42.1 Å². The number of nitrogens with one attached hydrogen (secondary N) is 1. The zero-order valence-corrected chi connectivity index (χ0v) is 13.2. The first-order valence-corrected chi connectivity index (χ1v) is 8.81. The smallest absolute Gasteiger partial charge is 0.0860 e. The van der Waals surface area contributed by atoms with Crippen molar-refractivity contribution in [2.45, 2.75) is 25.5 Å². The number of rotatable bonds is 5. The summed E-state index contributed by atoms with van der Waals surface area (Å²) in [6.07, 6.45) is 3.23. The molecular formula is C17H22N2OS. The summed E-state index contributed by atoms with van der Waals surface area (Å²) in [7, 11) is 0. The van der Waals surface area contributed by atoms with Gasteiger partial charge in [-0.25, -0.2) is 0 Å². The molecule has 1 saturated heterocycles. The van der Waals surface area contributed by atoms with E-state index in [9.17, 15) is 0 Å². The van der Waals surface area contributed by atoms with Gasteiger partial charge in [-0.3, -0.25) is 4.98 Å². The molecule has 1 aromatic heterocycles. The van der Waals surface area contributed by atoms with Crippen molar-refractivity contribution in [3.8, 4) is 0 Å². The van der Waals surface area contributed by atoms with Crippen molar-refractivity contribution in [1.29, 1.82) is 0 Å². The van der Waals surface area contributed by atoms with E-state index in [-0.39, 0.29) is 12.1 Å². The van der Waals surface area contributed by atoms with Crippen LogP contribution in [-0.2, 0) is 4.74 Å². The first-order chi connectivity index (χ1) is 10.4. The van der Waals surface area contributed by atoms with Crippen molar-refractivity contribution in [3.63, 3.8) is 0 Å². The fourth-order valence-corrected chi connectivity index (χ4v) is 3.65. The van der Waals surface area contributed by atoms with Crippen LogP contribution in [0.5, 0.6) is 0 Å². The molecule has 2 heterocycles. The van der Waals surface area contributed by atoms with Crippen molar-refractivity contribution >= 4 is 22.7 Å². The summed E-state index contributed by atoms with van der Waals surface area (Å²) in [6, 6.07) is 10.9. The van der Waals surface area contributed by atoms with E-state index in [4.69, 9.17) is 4.74 Å². The molecule has 1 fully saturated rings. The van der Waals surface area contributed by atoms with Gasteiger partial charge in [0, 0.05) is 23.1 Å². The Hall–Kier alpha value is -1.10. The van der Waals surface area contributed by atoms with Crippen LogP contribution in [0, 0.1) is 0 Å². The van der Waals surface area contributed by atoms with E-state index in [1.165, 1.54) is 10.9 Å². The largest absolute Gasteiger partial charge is 0.375 e. The van der Waals surface area contributed by atoms with Gasteiger partial charge in [-0.05, 0) is 36.7 Å². The Morgan fingerprint density at radius 3 is 3.19 bits per heavy atom. The predicted octanol–water partition coefficient (Wildman–Crippen LogP) is 3.41. The third kappa shape index (κ3) is 3.57. The fourth-order valence-electron chi connectivity index (χ4n) is 2.75. The second-order valence-electron chi connectivity index (χ2n) is 5.37. The number of hydrogen-bond donors (Lipinski definition) is 1. The zero-order valence-electron chi connectivity index (χ0n) is 12.4. The molecule has 0 aliphatic carbocycles. The second kappa shape index (κ2) is 7.25. The SMILES string of the molecule is CCCNC(c1ccc2ncccc2c1)C1CSCCO1. The van der Waals surface area contributed by atoms with E-state index in [1.807, 2.05) is 24.0 Å². The van der Waals surface area contributed by atoms with Gasteiger partial charge in [-0.1, -0.05) is 19.1 Å². The summed E-state index contributed by atoms with van der Waals surface area (Å²) in [5.41, 5.74) is 2.35. The number of nitrogens with zero attached hydrogens (tertiary/aromatic N) is 1. The molecule has 0 amide bonds. The van der Waals surface area contributed by atoms with Crippen LogP contribution in [0.3, 0.4) is 0 Å². The average Bonchev–Trinajstić information content (AvgIpc) is 2.56. The Bertz CT molecular complexity index is 584. The topological polar surface area (TPSA) is 34.2 Å². The lowest BCUT2D eigenvalue weighted by atomic mass is 9.99. The summed E-state index contributed by atoms with van der Waals surface area (Å²) in [6.45, 7) is 4.07. The van der Waals surface area contributed by atoms with Crippen LogP contribution in [0.25, 0.3) is 10.9 Å². The molecule has 2 aromatic rings. The zero-order chi connectivity index (χ0) is 14.5. The van der Waals surface area contributed by atoms with E-state index in [1.54, 1.807) is 0 Å². The average molecular weight is 302 g/mol. The van der Waals surface area contributed by atoms with Crippen LogP contribution < -0.4 is 5.32 Å². The summed E-state index contributed by atoms with van der Waals surface area (Å²) in [4.78, 5) is 4.40. The highest BCUT2D eigenvalue weighted by Gasteiger charge is 2.25. The molecule has 0 bridgehead atoms. The van der Waals surface area contributed by atoms with Gasteiger partial charge in [0.1, 0.15) is 0 Å². The molecule has 1 aliphatic heterocycles. The highest BCUT2D eigenvalue weighted by Crippen LogP contribution is 2.27. The molecule has 1 aliphatic rings. The first kappa shape index (κ1) is 14.8. The van der Waals surface area contributed by atoms with Gasteiger partial charge in [-0.15, -0.1) is 0 Å². The minimum atomic E-state index is 0.254. The molecular weight excluding hydrogens is 280 g/mol. The lowest BCUT2D eigenvalue weighted by Gasteiger charge is -2.31. The van der Waals surface area contributed by atoms with E-state index in [2.05, 4.69) is 41.5 Å². The monoisotopic (exact) mass is 302 g/mol. The molecule has 2 atom stereocenters. The van der Waals surface area contributed by atoms with Crippen LogP contribution in [0.2, 0.25) is 0 Å². The highest BCUT2D eigenvalue weighted by atomic mass is 32.2. The second-order valence-corrected chi connectivity index (χ2v) is 6.52. The van der Waals surface area contributed by atoms with Crippen LogP contribution in [0.4, 0.5) is 0 Å². The van der Waals surface area contributed by atoms with Crippen molar-refractivity contribution < 1.29 is 4.74 Å². The number of ether oxygens (including phenoxy) is 1. The quantitative estimate of drug-likeness (QED) is 0.918. The summed E-state index contributed by atoms with van der Waals surface area (Å²) >= 11 is 1.99. The summed E-state index contributed by atoms with van der Waals surface area (Å²) in [5.74, 6) is 2.17. The first-order valence-electron chi connectivity index (χ1n) is 7.66. The third-order valence-electron chi connectivity index (χ3n) is 3.81. The Morgan fingerprint density at radius 1 is 1.43 bits per heavy atom. The van der Waals surface area contributed by atoms with Crippen LogP contribution in [0.1, 0.15) is 24.9 Å². The molecule has 1 N–H and O–H groups in total. The van der Waals surface area contributed by atoms with E-state index < -0.39 is 0 Å². The van der Waals surface area contributed by atoms with E-state index >= 15 is 0 Å². The number of hydrogen-bond acceptors (Lipinski definition) is 4. The highest BCUT2D eigenvalue weighted by molar-refractivity contribution is 7.99. The summed E-state index contributed by atoms with van der Waals surface area (Å²) in [5, 5.41) is 4.86. The minimum Gasteiger partial charge on any atom is -0.375 e. The Labute approximate surface area is 130 Å². The number of aromatic nitrogens is 1. The van der Waals surface area contributed by atoms with E-state index in [0.29, 0.717) is 0 Å². The molecule has 1 aromatic carbocycles. The minimum absolute atomic E-state index is 0.254. The number of thioether (sulfide) groups is 1. The molecule has 3 rings (SSSR count). The van der Waals surface area contributed by atoms with Crippen LogP contribution >= 0.6 is 11.8 Å². The van der Waals surface area contributed by atoms with Gasteiger partial charge >= 0.3 is 0 Å². The Kier molecular flexibility index (Phi) is 5.12. The normalized spacial score (nSPS) is 20.5. The fraction of sp³-hybridized carbons (Fsp3) is 0.471. The molecule has 3 nitrogen and oxygen atoms in total. The van der Waals surface area contributed by atoms with Crippen molar-refractivity contribution in [1.82, 2.24) is 10.3 Å². The molecule has 112 valence electrons. The van der Waals surface area contributed by atoms with Crippen molar-refractivity contribution in [2.24, 2.45) is 0 Å². The van der Waals surface area contributed by atoms with Crippen LogP contribution in [-0.4, -0.2) is 35.7 Å². The molecule has 4 heteroatoms. The van der Waals surface area contributed by atoms with Gasteiger partial charge in [0.05, 0.1) is 24.3 Å².